The summed E-state index contributed by atoms with van der Waals surface area (Å²) in [6.07, 6.45) is 11.6. The number of nitrogens with one attached hydrogen (secondary N) is 4. The highest BCUT2D eigenvalue weighted by atomic mass is 32.2. The molecule has 12 nitrogen and oxygen atoms in total. The van der Waals surface area contributed by atoms with Crippen molar-refractivity contribution in [2.24, 2.45) is 17.8 Å². The molecule has 3 unspecified atom stereocenters. The van der Waals surface area contributed by atoms with Crippen molar-refractivity contribution in [3.8, 4) is 0 Å². The number of carbonyl (C=O) groups is 5. The second-order valence-corrected chi connectivity index (χ2v) is 18.6. The van der Waals surface area contributed by atoms with Crippen LogP contribution in [0.1, 0.15) is 118 Å². The number of rotatable bonds is 9. The molecule has 4 aliphatic rings. The van der Waals surface area contributed by atoms with Gasteiger partial charge in [0.1, 0.15) is 12.1 Å². The second kappa shape index (κ2) is 16.4. The number of urea groups is 1. The van der Waals surface area contributed by atoms with Crippen LogP contribution in [0.2, 0.25) is 0 Å². The highest BCUT2D eigenvalue weighted by Gasteiger charge is 2.51. The lowest BCUT2D eigenvalue weighted by atomic mass is 9.83. The standard InChI is InChI=1S/C36H59N5O7S/c1-6-19-37-32(44)30(42)27-16-12-9-8-11-15-25-21-26(25)29(33(45)41-22-24(7-2)20-28(41)31(43)38-27)39-34(46)40-36(17-13-10-14-18-36)23-49(47,48)35(3,4)5/h6,24-29H,1,7-23H2,2-5H3,(H,37,44)(H,38,43)(H2,39,40,46)/t24-,25?,26?,27+,28?,29+/m1/s1. The van der Waals surface area contributed by atoms with E-state index in [4.69, 9.17) is 0 Å². The zero-order chi connectivity index (χ0) is 36.0. The molecule has 0 aromatic carbocycles. The average Bonchev–Trinajstić information content (AvgIpc) is 3.67. The molecular formula is C36H59N5O7S. The topological polar surface area (TPSA) is 171 Å². The van der Waals surface area contributed by atoms with Gasteiger partial charge in [0.05, 0.1) is 22.1 Å². The van der Waals surface area contributed by atoms with Gasteiger partial charge in [-0.1, -0.05) is 70.8 Å². The van der Waals surface area contributed by atoms with E-state index in [9.17, 15) is 32.4 Å². The highest BCUT2D eigenvalue weighted by molar-refractivity contribution is 7.92. The third-order valence-electron chi connectivity index (χ3n) is 11.2. The van der Waals surface area contributed by atoms with Crippen LogP contribution in [0.3, 0.4) is 0 Å². The molecule has 0 spiro atoms. The number of Topliss-reactive ketones (excluding diaryl/α,β-unsaturated/α-hetero) is 1. The van der Waals surface area contributed by atoms with Crippen LogP contribution < -0.4 is 21.3 Å². The lowest BCUT2D eigenvalue weighted by Gasteiger charge is -2.40. The fourth-order valence-corrected chi connectivity index (χ4v) is 9.36. The molecule has 49 heavy (non-hydrogen) atoms. The summed E-state index contributed by atoms with van der Waals surface area (Å²) in [7, 11) is -3.55. The van der Waals surface area contributed by atoms with E-state index in [2.05, 4.69) is 27.8 Å². The van der Waals surface area contributed by atoms with Gasteiger partial charge in [0.2, 0.25) is 17.6 Å². The fraction of sp³-hybridized carbons (Fsp3) is 0.806. The predicted molar refractivity (Wildman–Crippen MR) is 188 cm³/mol. The van der Waals surface area contributed by atoms with E-state index < -0.39 is 61.9 Å². The molecule has 276 valence electrons. The van der Waals surface area contributed by atoms with Crippen LogP contribution in [0, 0.1) is 17.8 Å². The number of hydrogen-bond donors (Lipinski definition) is 4. The summed E-state index contributed by atoms with van der Waals surface area (Å²) in [5, 5.41) is 11.4. The van der Waals surface area contributed by atoms with Gasteiger partial charge < -0.3 is 26.2 Å². The Balaban J connectivity index is 1.58. The third-order valence-corrected chi connectivity index (χ3v) is 14.0. The van der Waals surface area contributed by atoms with Gasteiger partial charge in [-0.25, -0.2) is 13.2 Å². The first-order chi connectivity index (χ1) is 23.1. The SMILES string of the molecule is C=CCNC(=O)C(=O)[C@@H]1CCCCCCC2CC2[C@H](NC(=O)NC2(CS(=O)(=O)C(C)(C)C)CCCCC2)C(=O)N2C[C@H](CC)CC2C(=O)N1. The first-order valence-electron chi connectivity index (χ1n) is 18.5. The maximum absolute atomic E-state index is 14.5. The molecule has 2 saturated carbocycles. The van der Waals surface area contributed by atoms with E-state index >= 15 is 0 Å². The van der Waals surface area contributed by atoms with Crippen LogP contribution >= 0.6 is 0 Å². The molecule has 4 N–H and O–H groups in total. The largest absolute Gasteiger partial charge is 0.346 e. The predicted octanol–water partition coefficient (Wildman–Crippen LogP) is 3.54. The van der Waals surface area contributed by atoms with Gasteiger partial charge >= 0.3 is 6.03 Å². The van der Waals surface area contributed by atoms with Crippen LogP contribution in [0.4, 0.5) is 4.79 Å². The number of sulfone groups is 1. The Hall–Kier alpha value is -2.96. The van der Waals surface area contributed by atoms with Gasteiger partial charge in [0.25, 0.3) is 5.91 Å². The third kappa shape index (κ3) is 9.85. The van der Waals surface area contributed by atoms with Crippen molar-refractivity contribution in [2.45, 2.75) is 146 Å². The average molecular weight is 706 g/mol. The van der Waals surface area contributed by atoms with E-state index in [-0.39, 0.29) is 36.0 Å². The molecule has 5 amide bonds. The molecule has 0 aromatic rings. The van der Waals surface area contributed by atoms with E-state index in [1.165, 1.54) is 6.08 Å². The van der Waals surface area contributed by atoms with E-state index in [0.29, 0.717) is 38.6 Å². The molecule has 6 atom stereocenters. The first kappa shape index (κ1) is 38.8. The summed E-state index contributed by atoms with van der Waals surface area (Å²) in [6.45, 7) is 11.1. The van der Waals surface area contributed by atoms with Gasteiger partial charge in [-0.15, -0.1) is 6.58 Å². The zero-order valence-corrected chi connectivity index (χ0v) is 30.8. The number of fused-ring (bicyclic) bond motifs is 2. The Kier molecular flexibility index (Phi) is 13.0. The number of hydrogen-bond acceptors (Lipinski definition) is 7. The van der Waals surface area contributed by atoms with E-state index in [1.807, 2.05) is 6.92 Å². The monoisotopic (exact) mass is 705 g/mol. The molecule has 2 aliphatic carbocycles. The summed E-state index contributed by atoms with van der Waals surface area (Å²) >= 11 is 0. The van der Waals surface area contributed by atoms with Crippen molar-refractivity contribution in [2.75, 3.05) is 18.8 Å². The van der Waals surface area contributed by atoms with Crippen LogP contribution in [0.15, 0.2) is 12.7 Å². The van der Waals surface area contributed by atoms with Gasteiger partial charge in [-0.3, -0.25) is 19.2 Å². The molecular weight excluding hydrogens is 646 g/mol. The minimum Gasteiger partial charge on any atom is -0.346 e. The lowest BCUT2D eigenvalue weighted by Crippen LogP contribution is -2.62. The maximum Gasteiger partial charge on any atom is 0.315 e. The quantitative estimate of drug-likeness (QED) is 0.210. The van der Waals surface area contributed by atoms with Crippen molar-refractivity contribution in [1.82, 2.24) is 26.2 Å². The minimum absolute atomic E-state index is 0.0567. The molecule has 13 heteroatoms. The van der Waals surface area contributed by atoms with Crippen LogP contribution in [-0.4, -0.2) is 90.1 Å². The molecule has 2 aliphatic heterocycles. The van der Waals surface area contributed by atoms with Crippen LogP contribution in [-0.2, 0) is 29.0 Å². The molecule has 0 aromatic heterocycles. The van der Waals surface area contributed by atoms with Gasteiger partial charge in [-0.2, -0.15) is 0 Å². The summed E-state index contributed by atoms with van der Waals surface area (Å²) in [6, 6.07) is -3.29. The maximum atomic E-state index is 14.5. The lowest BCUT2D eigenvalue weighted by molar-refractivity contribution is -0.143. The Labute approximate surface area is 292 Å². The van der Waals surface area contributed by atoms with E-state index in [1.54, 1.807) is 25.7 Å². The number of carbonyl (C=O) groups excluding carboxylic acids is 5. The van der Waals surface area contributed by atoms with Gasteiger partial charge in [0, 0.05) is 13.1 Å². The number of ketones is 1. The summed E-state index contributed by atoms with van der Waals surface area (Å²) in [4.78, 5) is 69.5. The fourth-order valence-electron chi connectivity index (χ4n) is 7.84. The molecule has 4 fully saturated rings. The van der Waals surface area contributed by atoms with Crippen molar-refractivity contribution in [3.05, 3.63) is 12.7 Å². The Morgan fingerprint density at radius 2 is 1.65 bits per heavy atom. The molecule has 4 rings (SSSR count). The Morgan fingerprint density at radius 1 is 1.00 bits per heavy atom. The van der Waals surface area contributed by atoms with Gasteiger partial charge in [0.15, 0.2) is 9.84 Å². The van der Waals surface area contributed by atoms with Crippen molar-refractivity contribution in [1.29, 1.82) is 0 Å². The second-order valence-electron chi connectivity index (χ2n) is 15.9. The Bertz CT molecular complexity index is 1350. The smallest absolute Gasteiger partial charge is 0.315 e. The van der Waals surface area contributed by atoms with Crippen LogP contribution in [0.25, 0.3) is 0 Å². The van der Waals surface area contributed by atoms with Crippen molar-refractivity contribution in [3.63, 3.8) is 0 Å². The summed E-state index contributed by atoms with van der Waals surface area (Å²) < 4.78 is 25.7. The number of nitrogens with zero attached hydrogens (tertiary/aromatic N) is 1. The van der Waals surface area contributed by atoms with Gasteiger partial charge in [-0.05, 0) is 70.6 Å². The van der Waals surface area contributed by atoms with Crippen molar-refractivity contribution >= 4 is 39.4 Å². The highest BCUT2D eigenvalue weighted by Crippen LogP contribution is 2.46. The molecule has 2 saturated heterocycles. The Morgan fingerprint density at radius 3 is 2.29 bits per heavy atom. The van der Waals surface area contributed by atoms with Crippen LogP contribution in [0.5, 0.6) is 0 Å². The molecule has 2 heterocycles. The van der Waals surface area contributed by atoms with Crippen molar-refractivity contribution < 1.29 is 32.4 Å². The molecule has 0 radical (unpaired) electrons. The summed E-state index contributed by atoms with van der Waals surface area (Å²) in [5.41, 5.74) is -0.927. The number of amides is 5. The summed E-state index contributed by atoms with van der Waals surface area (Å²) in [5.74, 6) is -2.25. The minimum atomic E-state index is -3.55. The first-order valence-corrected chi connectivity index (χ1v) is 20.1. The zero-order valence-electron chi connectivity index (χ0n) is 30.0. The normalized spacial score (nSPS) is 29.6. The van der Waals surface area contributed by atoms with E-state index in [0.717, 1.165) is 57.8 Å². The molecule has 0 bridgehead atoms.